The van der Waals surface area contributed by atoms with Crippen LogP contribution in [0.4, 0.5) is 4.79 Å². The number of fused-ring (bicyclic) bond motifs is 7. The molecule has 3 nitrogen and oxygen atoms in total. The lowest BCUT2D eigenvalue weighted by Gasteiger charge is -2.21. The molecular formula is C29H30NO2P. The topological polar surface area (TPSA) is 38.3 Å². The van der Waals surface area contributed by atoms with E-state index in [9.17, 15) is 4.79 Å². The van der Waals surface area contributed by atoms with Crippen LogP contribution in [-0.4, -0.2) is 24.4 Å². The molecule has 1 heterocycles. The Bertz CT molecular complexity index is 1250. The van der Waals surface area contributed by atoms with Crippen molar-refractivity contribution in [2.45, 2.75) is 38.7 Å². The summed E-state index contributed by atoms with van der Waals surface area (Å²) in [5.41, 5.74) is 5.16. The normalized spacial score (nSPS) is 13.9. The van der Waals surface area contributed by atoms with Crippen molar-refractivity contribution in [1.82, 2.24) is 5.32 Å². The van der Waals surface area contributed by atoms with E-state index in [4.69, 9.17) is 4.74 Å². The summed E-state index contributed by atoms with van der Waals surface area (Å²) in [5, 5.41) is 8.20. The van der Waals surface area contributed by atoms with Crippen molar-refractivity contribution in [3.8, 4) is 11.1 Å². The van der Waals surface area contributed by atoms with E-state index in [0.29, 0.717) is 6.54 Å². The van der Waals surface area contributed by atoms with Crippen LogP contribution in [0.25, 0.3) is 32.7 Å². The quantitative estimate of drug-likeness (QED) is 0.322. The van der Waals surface area contributed by atoms with Crippen molar-refractivity contribution in [3.63, 3.8) is 0 Å². The molecule has 0 radical (unpaired) electrons. The maximum Gasteiger partial charge on any atom is 0.407 e. The SMILES string of the molecule is CC(C)(C)OC(=O)NCCP1Cc2ccc3ccccc3c2-c2c(ccc3ccccc23)C1. The third-order valence-corrected chi connectivity index (χ3v) is 8.60. The van der Waals surface area contributed by atoms with Crippen LogP contribution in [0.15, 0.2) is 72.8 Å². The van der Waals surface area contributed by atoms with Gasteiger partial charge in [-0.15, -0.1) is 0 Å². The van der Waals surface area contributed by atoms with E-state index in [1.807, 2.05) is 20.8 Å². The molecule has 0 aliphatic carbocycles. The molecule has 1 amide bonds. The molecule has 168 valence electrons. The van der Waals surface area contributed by atoms with Crippen molar-refractivity contribution in [1.29, 1.82) is 0 Å². The lowest BCUT2D eigenvalue weighted by molar-refractivity contribution is 0.0531. The van der Waals surface area contributed by atoms with E-state index >= 15 is 0 Å². The number of hydrogen-bond acceptors (Lipinski definition) is 2. The molecule has 4 heteroatoms. The van der Waals surface area contributed by atoms with Crippen LogP contribution in [0.1, 0.15) is 31.9 Å². The number of carbonyl (C=O) groups is 1. The number of ether oxygens (including phenoxy) is 1. The molecule has 4 aromatic rings. The summed E-state index contributed by atoms with van der Waals surface area (Å²) >= 11 is 0. The van der Waals surface area contributed by atoms with Gasteiger partial charge in [0, 0.05) is 6.54 Å². The number of hydrogen-bond donors (Lipinski definition) is 1. The van der Waals surface area contributed by atoms with Gasteiger partial charge < -0.3 is 10.1 Å². The van der Waals surface area contributed by atoms with Crippen molar-refractivity contribution < 1.29 is 9.53 Å². The second-order valence-corrected chi connectivity index (χ2v) is 12.2. The summed E-state index contributed by atoms with van der Waals surface area (Å²) < 4.78 is 5.42. The fourth-order valence-corrected chi connectivity index (χ4v) is 7.16. The molecule has 0 bridgehead atoms. The molecule has 33 heavy (non-hydrogen) atoms. The van der Waals surface area contributed by atoms with Crippen molar-refractivity contribution in [2.24, 2.45) is 0 Å². The average molecular weight is 456 g/mol. The summed E-state index contributed by atoms with van der Waals surface area (Å²) in [4.78, 5) is 12.1. The molecule has 1 aliphatic rings. The third kappa shape index (κ3) is 4.61. The Morgan fingerprint density at radius 3 is 1.85 bits per heavy atom. The molecule has 0 saturated carbocycles. The van der Waals surface area contributed by atoms with Crippen LogP contribution in [-0.2, 0) is 17.1 Å². The minimum absolute atomic E-state index is 0.316. The van der Waals surface area contributed by atoms with Crippen LogP contribution >= 0.6 is 7.92 Å². The van der Waals surface area contributed by atoms with Crippen LogP contribution in [0, 0.1) is 0 Å². The van der Waals surface area contributed by atoms with E-state index < -0.39 is 5.60 Å². The molecule has 0 fully saturated rings. The maximum atomic E-state index is 12.1. The van der Waals surface area contributed by atoms with Gasteiger partial charge in [0.1, 0.15) is 5.60 Å². The number of benzene rings is 4. The van der Waals surface area contributed by atoms with Gasteiger partial charge in [-0.3, -0.25) is 0 Å². The highest BCUT2D eigenvalue weighted by Gasteiger charge is 2.24. The standard InChI is InChI=1S/C29H30NO2P/c1-29(2,3)32-28(31)30-16-17-33-18-22-14-12-20-8-4-6-10-24(20)26(22)27-23(19-33)15-13-21-9-5-7-11-25(21)27/h4-15H,16-19H2,1-3H3,(H,30,31). The van der Waals surface area contributed by atoms with Gasteiger partial charge in [-0.1, -0.05) is 80.7 Å². The Labute approximate surface area is 196 Å². The molecule has 1 aliphatic heterocycles. The minimum atomic E-state index is -0.474. The number of alkyl carbamates (subject to hydrolysis) is 1. The van der Waals surface area contributed by atoms with Crippen LogP contribution in [0.3, 0.4) is 0 Å². The first-order valence-electron chi connectivity index (χ1n) is 11.6. The maximum absolute atomic E-state index is 12.1. The highest BCUT2D eigenvalue weighted by atomic mass is 31.1. The Balaban J connectivity index is 1.53. The Morgan fingerprint density at radius 2 is 1.33 bits per heavy atom. The minimum Gasteiger partial charge on any atom is -0.444 e. The van der Waals surface area contributed by atoms with Gasteiger partial charge >= 0.3 is 6.09 Å². The fourth-order valence-electron chi connectivity index (χ4n) is 4.81. The summed E-state index contributed by atoms with van der Waals surface area (Å²) in [6.45, 7) is 6.33. The monoisotopic (exact) mass is 455 g/mol. The molecule has 1 N–H and O–H groups in total. The first-order valence-corrected chi connectivity index (χ1v) is 13.5. The van der Waals surface area contributed by atoms with E-state index in [-0.39, 0.29) is 14.0 Å². The first kappa shape index (κ1) is 21.9. The summed E-state index contributed by atoms with van der Waals surface area (Å²) in [5.74, 6) is 0. The van der Waals surface area contributed by atoms with Gasteiger partial charge in [-0.05, 0) is 83.1 Å². The zero-order valence-electron chi connectivity index (χ0n) is 19.5. The zero-order valence-corrected chi connectivity index (χ0v) is 20.4. The van der Waals surface area contributed by atoms with E-state index in [1.165, 1.54) is 43.8 Å². The molecular weight excluding hydrogens is 425 g/mol. The van der Waals surface area contributed by atoms with Gasteiger partial charge in [0.25, 0.3) is 0 Å². The number of nitrogens with one attached hydrogen (secondary N) is 1. The van der Waals surface area contributed by atoms with Crippen molar-refractivity contribution in [2.75, 3.05) is 12.7 Å². The van der Waals surface area contributed by atoms with Crippen LogP contribution < -0.4 is 5.32 Å². The van der Waals surface area contributed by atoms with Crippen molar-refractivity contribution in [3.05, 3.63) is 83.9 Å². The van der Waals surface area contributed by atoms with Crippen LogP contribution in [0.5, 0.6) is 0 Å². The summed E-state index contributed by atoms with van der Waals surface area (Å²) in [7, 11) is -0.316. The number of carbonyl (C=O) groups excluding carboxylic acids is 1. The van der Waals surface area contributed by atoms with Gasteiger partial charge in [-0.2, -0.15) is 0 Å². The second-order valence-electron chi connectivity index (χ2n) is 9.78. The van der Waals surface area contributed by atoms with E-state index in [1.54, 1.807) is 0 Å². The Hall–Kier alpha value is -2.90. The Morgan fingerprint density at radius 1 is 0.818 bits per heavy atom. The highest BCUT2D eigenvalue weighted by Crippen LogP contribution is 2.52. The molecule has 0 spiro atoms. The van der Waals surface area contributed by atoms with Gasteiger partial charge in [0.2, 0.25) is 0 Å². The molecule has 0 saturated heterocycles. The molecule has 0 aromatic heterocycles. The smallest absolute Gasteiger partial charge is 0.407 e. The predicted molar refractivity (Wildman–Crippen MR) is 140 cm³/mol. The second kappa shape index (κ2) is 8.80. The van der Waals surface area contributed by atoms with Crippen LogP contribution in [0.2, 0.25) is 0 Å². The lowest BCUT2D eigenvalue weighted by atomic mass is 9.88. The predicted octanol–water partition coefficient (Wildman–Crippen LogP) is 7.68. The summed E-state index contributed by atoms with van der Waals surface area (Å²) in [6.07, 6.45) is 2.78. The molecule has 0 atom stereocenters. The molecule has 4 aromatic carbocycles. The molecule has 5 rings (SSSR count). The number of rotatable bonds is 3. The van der Waals surface area contributed by atoms with Gasteiger partial charge in [0.15, 0.2) is 0 Å². The largest absolute Gasteiger partial charge is 0.444 e. The average Bonchev–Trinajstić information content (AvgIpc) is 2.94. The first-order chi connectivity index (χ1) is 15.9. The van der Waals surface area contributed by atoms with Gasteiger partial charge in [-0.25, -0.2) is 4.79 Å². The zero-order chi connectivity index (χ0) is 23.0. The van der Waals surface area contributed by atoms with E-state index in [2.05, 4.69) is 78.1 Å². The Kier molecular flexibility index (Phi) is 5.85. The third-order valence-electron chi connectivity index (χ3n) is 6.16. The van der Waals surface area contributed by atoms with E-state index in [0.717, 1.165) is 18.5 Å². The fraction of sp³-hybridized carbons (Fsp3) is 0.276. The van der Waals surface area contributed by atoms with Crippen molar-refractivity contribution >= 4 is 35.6 Å². The highest BCUT2D eigenvalue weighted by molar-refractivity contribution is 7.56. The number of amides is 1. The lowest BCUT2D eigenvalue weighted by Crippen LogP contribution is -2.33. The molecule has 0 unspecified atom stereocenters. The summed E-state index contributed by atoms with van der Waals surface area (Å²) in [6, 6.07) is 26.6. The van der Waals surface area contributed by atoms with Gasteiger partial charge in [0.05, 0.1) is 0 Å².